The quantitative estimate of drug-likeness (QED) is 0.643. The van der Waals surface area contributed by atoms with Crippen molar-refractivity contribution in [2.45, 2.75) is 38.6 Å². The predicted octanol–water partition coefficient (Wildman–Crippen LogP) is 2.34. The minimum Gasteiger partial charge on any atom is -0.383 e. The van der Waals surface area contributed by atoms with Crippen molar-refractivity contribution in [2.24, 2.45) is 0 Å². The molecule has 1 saturated heterocycles. The molecule has 1 aromatic rings. The van der Waals surface area contributed by atoms with Gasteiger partial charge in [0.2, 0.25) is 0 Å². The van der Waals surface area contributed by atoms with E-state index in [-0.39, 0.29) is 11.5 Å². The summed E-state index contributed by atoms with van der Waals surface area (Å²) in [4.78, 5) is 16.8. The fraction of sp³-hybridized carbons (Fsp3) is 0.583. The lowest BCUT2D eigenvalue weighted by atomic mass is 10.1. The van der Waals surface area contributed by atoms with Crippen LogP contribution in [-0.4, -0.2) is 22.5 Å². The van der Waals surface area contributed by atoms with Gasteiger partial charge in [0.15, 0.2) is 0 Å². The van der Waals surface area contributed by atoms with Crippen LogP contribution in [0.25, 0.3) is 0 Å². The van der Waals surface area contributed by atoms with Crippen LogP contribution < -0.4 is 10.6 Å². The van der Waals surface area contributed by atoms with E-state index >= 15 is 0 Å². The van der Waals surface area contributed by atoms with Gasteiger partial charge in [-0.2, -0.15) is 0 Å². The average Bonchev–Trinajstić information content (AvgIpc) is 2.53. The lowest BCUT2D eigenvalue weighted by Gasteiger charge is -2.28. The Labute approximate surface area is 106 Å². The van der Waals surface area contributed by atoms with Crippen LogP contribution in [0.5, 0.6) is 0 Å². The van der Waals surface area contributed by atoms with Crippen molar-refractivity contribution in [1.29, 1.82) is 0 Å². The lowest BCUT2D eigenvalue weighted by Crippen LogP contribution is -2.33. The van der Waals surface area contributed by atoms with Gasteiger partial charge in [-0.15, -0.1) is 0 Å². The SMILES string of the molecule is CC1CCCCCN1c1cc([N+](=O)[O-])cc(N)n1. The van der Waals surface area contributed by atoms with Crippen molar-refractivity contribution in [2.75, 3.05) is 17.2 Å². The van der Waals surface area contributed by atoms with Gasteiger partial charge in [0, 0.05) is 12.6 Å². The second kappa shape index (κ2) is 5.20. The molecule has 98 valence electrons. The second-order valence-electron chi connectivity index (χ2n) is 4.76. The van der Waals surface area contributed by atoms with Crippen LogP contribution >= 0.6 is 0 Å². The molecule has 0 radical (unpaired) electrons. The van der Waals surface area contributed by atoms with Crippen molar-refractivity contribution in [3.63, 3.8) is 0 Å². The van der Waals surface area contributed by atoms with E-state index in [2.05, 4.69) is 16.8 Å². The van der Waals surface area contributed by atoms with Gasteiger partial charge in [-0.05, 0) is 19.8 Å². The van der Waals surface area contributed by atoms with Gasteiger partial charge >= 0.3 is 0 Å². The van der Waals surface area contributed by atoms with Crippen molar-refractivity contribution in [3.05, 3.63) is 22.2 Å². The molecule has 6 nitrogen and oxygen atoms in total. The van der Waals surface area contributed by atoms with E-state index < -0.39 is 4.92 Å². The number of nitro groups is 1. The summed E-state index contributed by atoms with van der Waals surface area (Å²) in [6.07, 6.45) is 4.58. The summed E-state index contributed by atoms with van der Waals surface area (Å²) in [7, 11) is 0. The standard InChI is InChI=1S/C12H18N4O2/c1-9-5-3-2-4-6-15(9)12-8-10(16(17)18)7-11(13)14-12/h7-9H,2-6H2,1H3,(H2,13,14). The molecule has 6 heteroatoms. The van der Waals surface area contributed by atoms with Crippen molar-refractivity contribution >= 4 is 17.3 Å². The molecule has 1 fully saturated rings. The zero-order valence-corrected chi connectivity index (χ0v) is 10.5. The zero-order valence-electron chi connectivity index (χ0n) is 10.5. The number of hydrogen-bond donors (Lipinski definition) is 1. The molecule has 0 saturated carbocycles. The molecule has 0 aliphatic carbocycles. The molecule has 2 heterocycles. The molecule has 1 aliphatic heterocycles. The highest BCUT2D eigenvalue weighted by Crippen LogP contribution is 2.26. The Balaban J connectivity index is 2.33. The number of aromatic nitrogens is 1. The topological polar surface area (TPSA) is 85.3 Å². The van der Waals surface area contributed by atoms with E-state index in [4.69, 9.17) is 5.73 Å². The van der Waals surface area contributed by atoms with Crippen LogP contribution in [0.4, 0.5) is 17.3 Å². The Bertz CT molecular complexity index is 450. The monoisotopic (exact) mass is 250 g/mol. The first-order valence-corrected chi connectivity index (χ1v) is 6.26. The molecule has 0 amide bonds. The number of anilines is 2. The Morgan fingerprint density at radius 3 is 2.94 bits per heavy atom. The van der Waals surface area contributed by atoms with E-state index in [1.54, 1.807) is 0 Å². The summed E-state index contributed by atoms with van der Waals surface area (Å²) in [6, 6.07) is 3.16. The average molecular weight is 250 g/mol. The Hall–Kier alpha value is -1.85. The van der Waals surface area contributed by atoms with E-state index in [9.17, 15) is 10.1 Å². The maximum atomic E-state index is 10.8. The van der Waals surface area contributed by atoms with Crippen LogP contribution in [0.1, 0.15) is 32.6 Å². The summed E-state index contributed by atoms with van der Waals surface area (Å²) >= 11 is 0. The van der Waals surface area contributed by atoms with Gasteiger partial charge < -0.3 is 10.6 Å². The third-order valence-electron chi connectivity index (χ3n) is 3.37. The van der Waals surface area contributed by atoms with Crippen LogP contribution in [-0.2, 0) is 0 Å². The minimum absolute atomic E-state index is 0.00828. The molecule has 2 N–H and O–H groups in total. The van der Waals surface area contributed by atoms with Gasteiger partial charge in [-0.1, -0.05) is 12.8 Å². The molecule has 0 bridgehead atoms. The van der Waals surface area contributed by atoms with Crippen molar-refractivity contribution in [1.82, 2.24) is 4.98 Å². The highest BCUT2D eigenvalue weighted by molar-refractivity contribution is 5.54. The van der Waals surface area contributed by atoms with Crippen LogP contribution in [0, 0.1) is 10.1 Å². The van der Waals surface area contributed by atoms with Crippen molar-refractivity contribution in [3.8, 4) is 0 Å². The van der Waals surface area contributed by atoms with Gasteiger partial charge in [0.1, 0.15) is 11.6 Å². The van der Waals surface area contributed by atoms with E-state index in [1.165, 1.54) is 25.0 Å². The summed E-state index contributed by atoms with van der Waals surface area (Å²) in [5, 5.41) is 10.8. The Morgan fingerprint density at radius 2 is 2.22 bits per heavy atom. The van der Waals surface area contributed by atoms with Gasteiger partial charge in [0.05, 0.1) is 17.1 Å². The minimum atomic E-state index is -0.427. The fourth-order valence-corrected chi connectivity index (χ4v) is 2.39. The Morgan fingerprint density at radius 1 is 1.44 bits per heavy atom. The smallest absolute Gasteiger partial charge is 0.276 e. The molecule has 1 atom stereocenters. The number of hydrogen-bond acceptors (Lipinski definition) is 5. The number of pyridine rings is 1. The van der Waals surface area contributed by atoms with Gasteiger partial charge in [-0.3, -0.25) is 10.1 Å². The highest BCUT2D eigenvalue weighted by atomic mass is 16.6. The normalized spacial score (nSPS) is 20.5. The predicted molar refractivity (Wildman–Crippen MR) is 70.6 cm³/mol. The van der Waals surface area contributed by atoms with E-state index in [0.717, 1.165) is 19.4 Å². The van der Waals surface area contributed by atoms with Gasteiger partial charge in [0.25, 0.3) is 5.69 Å². The van der Waals surface area contributed by atoms with Crippen LogP contribution in [0.2, 0.25) is 0 Å². The molecule has 0 aromatic carbocycles. The van der Waals surface area contributed by atoms with Crippen molar-refractivity contribution < 1.29 is 4.92 Å². The second-order valence-corrected chi connectivity index (χ2v) is 4.76. The van der Waals surface area contributed by atoms with E-state index in [1.807, 2.05) is 0 Å². The number of nitrogen functional groups attached to an aromatic ring is 1. The summed E-state index contributed by atoms with van der Waals surface area (Å²) in [5.41, 5.74) is 5.65. The molecular formula is C12H18N4O2. The molecule has 1 aliphatic rings. The van der Waals surface area contributed by atoms with Gasteiger partial charge in [-0.25, -0.2) is 4.98 Å². The summed E-state index contributed by atoms with van der Waals surface area (Å²) in [5.74, 6) is 0.826. The number of nitrogens with zero attached hydrogens (tertiary/aromatic N) is 3. The largest absolute Gasteiger partial charge is 0.383 e. The molecular weight excluding hydrogens is 232 g/mol. The lowest BCUT2D eigenvalue weighted by molar-refractivity contribution is -0.384. The first-order chi connectivity index (χ1) is 8.58. The Kier molecular flexibility index (Phi) is 3.64. The van der Waals surface area contributed by atoms with E-state index in [0.29, 0.717) is 11.9 Å². The summed E-state index contributed by atoms with van der Waals surface area (Å²) < 4.78 is 0. The van der Waals surface area contributed by atoms with Crippen LogP contribution in [0.15, 0.2) is 12.1 Å². The molecule has 18 heavy (non-hydrogen) atoms. The number of nitrogens with two attached hydrogens (primary N) is 1. The molecule has 1 unspecified atom stereocenters. The summed E-state index contributed by atoms with van der Waals surface area (Å²) in [6.45, 7) is 3.01. The third-order valence-corrected chi connectivity index (χ3v) is 3.37. The van der Waals surface area contributed by atoms with Crippen LogP contribution in [0.3, 0.4) is 0 Å². The third kappa shape index (κ3) is 2.69. The fourth-order valence-electron chi connectivity index (χ4n) is 2.39. The number of rotatable bonds is 2. The molecule has 2 rings (SSSR count). The maximum Gasteiger partial charge on any atom is 0.276 e. The maximum absolute atomic E-state index is 10.8. The highest BCUT2D eigenvalue weighted by Gasteiger charge is 2.21. The molecule has 0 spiro atoms. The first kappa shape index (κ1) is 12.6. The first-order valence-electron chi connectivity index (χ1n) is 6.26. The molecule has 1 aromatic heterocycles. The zero-order chi connectivity index (χ0) is 13.1.